The van der Waals surface area contributed by atoms with E-state index in [1.54, 1.807) is 13.0 Å². The fourth-order valence-corrected chi connectivity index (χ4v) is 4.99. The van der Waals surface area contributed by atoms with E-state index in [1.165, 1.54) is 0 Å². The van der Waals surface area contributed by atoms with Crippen LogP contribution in [0.2, 0.25) is 0 Å². The number of nitrogens with zero attached hydrogens (tertiary/aromatic N) is 2. The number of ether oxygens (including phenoxy) is 1. The molecule has 0 radical (unpaired) electrons. The van der Waals surface area contributed by atoms with Gasteiger partial charge in [0.25, 0.3) is 0 Å². The van der Waals surface area contributed by atoms with Crippen molar-refractivity contribution < 1.29 is 23.8 Å². The molecular weight excluding hydrogens is 468 g/mol. The number of amides is 1. The summed E-state index contributed by atoms with van der Waals surface area (Å²) in [6, 6.07) is 25.3. The van der Waals surface area contributed by atoms with Crippen LogP contribution in [-0.2, 0) is 22.4 Å². The third-order valence-corrected chi connectivity index (χ3v) is 6.65. The van der Waals surface area contributed by atoms with E-state index in [0.717, 1.165) is 40.8 Å². The largest absolute Gasteiger partial charge is 0.482 e. The zero-order chi connectivity index (χ0) is 25.8. The van der Waals surface area contributed by atoms with Crippen LogP contribution in [0.4, 0.5) is 0 Å². The zero-order valence-electron chi connectivity index (χ0n) is 20.6. The third kappa shape index (κ3) is 5.26. The molecule has 7 heteroatoms. The molecule has 1 heterocycles. The summed E-state index contributed by atoms with van der Waals surface area (Å²) < 4.78 is 11.8. The van der Waals surface area contributed by atoms with Crippen molar-refractivity contribution in [1.82, 2.24) is 9.88 Å². The van der Waals surface area contributed by atoms with E-state index in [4.69, 9.17) is 19.2 Å². The van der Waals surface area contributed by atoms with Crippen LogP contribution < -0.4 is 4.74 Å². The SMILES string of the molecule is CC(=O)N(CCc1nc(-c2ccccc2)c(-c2ccccc2)o1)C1CCc2c(OCC(=O)O)cccc21. The molecule has 1 aromatic heterocycles. The minimum atomic E-state index is -1.02. The van der Waals surface area contributed by atoms with Crippen molar-refractivity contribution in [2.24, 2.45) is 0 Å². The van der Waals surface area contributed by atoms with Crippen LogP contribution in [-0.4, -0.2) is 40.0 Å². The first-order valence-electron chi connectivity index (χ1n) is 12.4. The lowest BCUT2D eigenvalue weighted by Gasteiger charge is -2.28. The van der Waals surface area contributed by atoms with Crippen LogP contribution in [0.5, 0.6) is 5.75 Å². The molecule has 7 nitrogen and oxygen atoms in total. The Labute approximate surface area is 215 Å². The lowest BCUT2D eigenvalue weighted by atomic mass is 10.1. The molecule has 1 aliphatic rings. The number of aliphatic carboxylic acids is 1. The highest BCUT2D eigenvalue weighted by Crippen LogP contribution is 2.40. The van der Waals surface area contributed by atoms with E-state index in [1.807, 2.05) is 77.7 Å². The van der Waals surface area contributed by atoms with E-state index in [2.05, 4.69) is 0 Å². The van der Waals surface area contributed by atoms with Crippen molar-refractivity contribution in [3.63, 3.8) is 0 Å². The van der Waals surface area contributed by atoms with Crippen LogP contribution in [0.25, 0.3) is 22.6 Å². The van der Waals surface area contributed by atoms with Crippen LogP contribution in [0, 0.1) is 0 Å². The van der Waals surface area contributed by atoms with Gasteiger partial charge in [-0.05, 0) is 30.0 Å². The first-order chi connectivity index (χ1) is 18.0. The fourth-order valence-electron chi connectivity index (χ4n) is 4.99. The van der Waals surface area contributed by atoms with Gasteiger partial charge in [0.05, 0.1) is 6.04 Å². The lowest BCUT2D eigenvalue weighted by molar-refractivity contribution is -0.139. The number of fused-ring (bicyclic) bond motifs is 1. The maximum absolute atomic E-state index is 12.7. The number of hydrogen-bond donors (Lipinski definition) is 1. The highest BCUT2D eigenvalue weighted by Gasteiger charge is 2.32. The van der Waals surface area contributed by atoms with Gasteiger partial charge < -0.3 is 19.2 Å². The number of carbonyl (C=O) groups excluding carboxylic acids is 1. The second kappa shape index (κ2) is 10.7. The Balaban J connectivity index is 1.39. The first-order valence-corrected chi connectivity index (χ1v) is 12.4. The number of carboxylic acids is 1. The molecule has 0 bridgehead atoms. The van der Waals surface area contributed by atoms with Crippen molar-refractivity contribution in [2.45, 2.75) is 32.2 Å². The summed E-state index contributed by atoms with van der Waals surface area (Å²) in [5.41, 5.74) is 4.66. The van der Waals surface area contributed by atoms with E-state index >= 15 is 0 Å². The van der Waals surface area contributed by atoms with Crippen molar-refractivity contribution in [3.8, 4) is 28.3 Å². The molecule has 5 rings (SSSR count). The Hall–Kier alpha value is -4.39. The Kier molecular flexibility index (Phi) is 7.03. The summed E-state index contributed by atoms with van der Waals surface area (Å²) in [5, 5.41) is 8.99. The van der Waals surface area contributed by atoms with Crippen molar-refractivity contribution in [1.29, 1.82) is 0 Å². The summed E-state index contributed by atoms with van der Waals surface area (Å²) in [7, 11) is 0. The Morgan fingerprint density at radius 1 is 1.00 bits per heavy atom. The molecule has 188 valence electrons. The molecule has 4 aromatic rings. The van der Waals surface area contributed by atoms with Crippen LogP contribution in [0.15, 0.2) is 83.3 Å². The second-order valence-corrected chi connectivity index (χ2v) is 9.04. The smallest absolute Gasteiger partial charge is 0.341 e. The average molecular weight is 497 g/mol. The predicted octanol–water partition coefficient (Wildman–Crippen LogP) is 5.55. The lowest BCUT2D eigenvalue weighted by Crippen LogP contribution is -2.34. The van der Waals surface area contributed by atoms with Crippen LogP contribution in [0.3, 0.4) is 0 Å². The summed E-state index contributed by atoms with van der Waals surface area (Å²) in [6.07, 6.45) is 1.93. The maximum Gasteiger partial charge on any atom is 0.341 e. The van der Waals surface area contributed by atoms with E-state index in [9.17, 15) is 9.59 Å². The summed E-state index contributed by atoms with van der Waals surface area (Å²) in [5.74, 6) is 0.794. The monoisotopic (exact) mass is 496 g/mol. The number of oxazole rings is 1. The number of carbonyl (C=O) groups is 2. The molecule has 0 spiro atoms. The van der Waals surface area contributed by atoms with Gasteiger partial charge in [-0.1, -0.05) is 72.8 Å². The highest BCUT2D eigenvalue weighted by molar-refractivity contribution is 5.77. The Bertz CT molecular complexity index is 1340. The zero-order valence-corrected chi connectivity index (χ0v) is 20.6. The molecule has 0 saturated heterocycles. The van der Waals surface area contributed by atoms with E-state index in [0.29, 0.717) is 30.4 Å². The molecule has 37 heavy (non-hydrogen) atoms. The molecule has 1 N–H and O–H groups in total. The van der Waals surface area contributed by atoms with Crippen LogP contribution >= 0.6 is 0 Å². The van der Waals surface area contributed by atoms with Crippen molar-refractivity contribution >= 4 is 11.9 Å². The standard InChI is InChI=1S/C30H28N2O5/c1-20(33)32(25-16-15-24-23(25)13-8-14-26(24)36-19-28(34)35)18-17-27-31-29(21-9-4-2-5-10-21)30(37-27)22-11-6-3-7-12-22/h2-14,25H,15-19H2,1H3,(H,34,35). The Morgan fingerprint density at radius 2 is 1.70 bits per heavy atom. The highest BCUT2D eigenvalue weighted by atomic mass is 16.5. The summed E-state index contributed by atoms with van der Waals surface area (Å²) in [4.78, 5) is 30.4. The molecule has 3 aromatic carbocycles. The fraction of sp³-hybridized carbons (Fsp3) is 0.233. The predicted molar refractivity (Wildman–Crippen MR) is 139 cm³/mol. The van der Waals surface area contributed by atoms with Gasteiger partial charge in [0, 0.05) is 31.0 Å². The van der Waals surface area contributed by atoms with Gasteiger partial charge in [-0.15, -0.1) is 0 Å². The van der Waals surface area contributed by atoms with Crippen LogP contribution in [0.1, 0.15) is 36.4 Å². The minimum absolute atomic E-state index is 0.0344. The average Bonchev–Trinajstić information content (AvgIpc) is 3.54. The molecule has 1 unspecified atom stereocenters. The van der Waals surface area contributed by atoms with Gasteiger partial charge in [-0.3, -0.25) is 4.79 Å². The molecule has 1 amide bonds. The molecule has 1 atom stereocenters. The van der Waals surface area contributed by atoms with E-state index < -0.39 is 12.6 Å². The molecule has 0 saturated carbocycles. The summed E-state index contributed by atoms with van der Waals surface area (Å²) in [6.45, 7) is 1.63. The second-order valence-electron chi connectivity index (χ2n) is 9.04. The van der Waals surface area contributed by atoms with Crippen molar-refractivity contribution in [2.75, 3.05) is 13.2 Å². The topological polar surface area (TPSA) is 92.9 Å². The molecule has 0 aliphatic heterocycles. The number of aromatic nitrogens is 1. The quantitative estimate of drug-likeness (QED) is 0.327. The third-order valence-electron chi connectivity index (χ3n) is 6.65. The maximum atomic E-state index is 12.7. The number of carboxylic acid groups (broad SMARTS) is 1. The minimum Gasteiger partial charge on any atom is -0.482 e. The van der Waals surface area contributed by atoms with Gasteiger partial charge in [-0.25, -0.2) is 9.78 Å². The van der Waals surface area contributed by atoms with Gasteiger partial charge in [-0.2, -0.15) is 0 Å². The van der Waals surface area contributed by atoms with E-state index in [-0.39, 0.29) is 11.9 Å². The number of benzene rings is 3. The molecular formula is C30H28N2O5. The van der Waals surface area contributed by atoms with Gasteiger partial charge >= 0.3 is 5.97 Å². The Morgan fingerprint density at radius 3 is 2.38 bits per heavy atom. The van der Waals surface area contributed by atoms with Gasteiger partial charge in [0.2, 0.25) is 5.91 Å². The van der Waals surface area contributed by atoms with Crippen molar-refractivity contribution in [3.05, 3.63) is 95.9 Å². The van der Waals surface area contributed by atoms with Gasteiger partial charge in [0.1, 0.15) is 11.4 Å². The number of rotatable bonds is 9. The first kappa shape index (κ1) is 24.3. The molecule has 1 aliphatic carbocycles. The van der Waals surface area contributed by atoms with Gasteiger partial charge in [0.15, 0.2) is 18.3 Å². The summed E-state index contributed by atoms with van der Waals surface area (Å²) >= 11 is 0. The number of hydrogen-bond acceptors (Lipinski definition) is 5. The molecule has 0 fully saturated rings. The normalized spacial score (nSPS) is 14.2.